The van der Waals surface area contributed by atoms with Gasteiger partial charge in [0.15, 0.2) is 0 Å². The van der Waals surface area contributed by atoms with Crippen LogP contribution in [0.15, 0.2) is 35.6 Å². The van der Waals surface area contributed by atoms with E-state index >= 15 is 0 Å². The summed E-state index contributed by atoms with van der Waals surface area (Å²) in [6.45, 7) is 6.60. The lowest BCUT2D eigenvalue weighted by molar-refractivity contribution is 0.667. The fourth-order valence-electron chi connectivity index (χ4n) is 0.209. The Kier molecular flexibility index (Phi) is 3.44. The third-order valence-electron chi connectivity index (χ3n) is 0.490. The monoisotopic (exact) mass is 176 g/mol. The molecule has 44 valence electrons. The zero-order valence-corrected chi connectivity index (χ0v) is 5.91. The van der Waals surface area contributed by atoms with Crippen molar-refractivity contribution in [2.24, 2.45) is 0 Å². The molecule has 0 nitrogen and oxygen atoms in total. The summed E-state index contributed by atoms with van der Waals surface area (Å²) in [4.78, 5) is 0. The SMILES string of the molecule is C=C/C(F)=C\C(=C)Br. The molecule has 0 atom stereocenters. The van der Waals surface area contributed by atoms with E-state index in [2.05, 4.69) is 29.1 Å². The maximum atomic E-state index is 12.0. The molecule has 0 amide bonds. The largest absolute Gasteiger partial charge is 0.207 e. The van der Waals surface area contributed by atoms with Crippen molar-refractivity contribution in [2.45, 2.75) is 0 Å². The molecule has 0 aliphatic carbocycles. The molecule has 0 rings (SSSR count). The van der Waals surface area contributed by atoms with Crippen LogP contribution in [0.1, 0.15) is 0 Å². The van der Waals surface area contributed by atoms with Crippen LogP contribution in [0.3, 0.4) is 0 Å². The molecule has 0 N–H and O–H groups in total. The first kappa shape index (κ1) is 7.63. The van der Waals surface area contributed by atoms with E-state index in [0.29, 0.717) is 4.48 Å². The minimum Gasteiger partial charge on any atom is -0.207 e. The summed E-state index contributed by atoms with van der Waals surface area (Å²) in [5, 5.41) is 0. The third-order valence-corrected chi connectivity index (χ3v) is 0.718. The summed E-state index contributed by atoms with van der Waals surface area (Å²) in [7, 11) is 0. The first-order valence-corrected chi connectivity index (χ1v) is 2.80. The van der Waals surface area contributed by atoms with Gasteiger partial charge in [0, 0.05) is 4.48 Å². The zero-order valence-electron chi connectivity index (χ0n) is 4.32. The summed E-state index contributed by atoms with van der Waals surface area (Å²) < 4.78 is 12.5. The van der Waals surface area contributed by atoms with Gasteiger partial charge in [0.1, 0.15) is 5.83 Å². The van der Waals surface area contributed by atoms with Crippen LogP contribution >= 0.6 is 15.9 Å². The number of rotatable bonds is 2. The van der Waals surface area contributed by atoms with Crippen molar-refractivity contribution in [1.82, 2.24) is 0 Å². The van der Waals surface area contributed by atoms with Gasteiger partial charge in [0.25, 0.3) is 0 Å². The highest BCUT2D eigenvalue weighted by atomic mass is 79.9. The molecule has 0 saturated heterocycles. The molecule has 0 aliphatic rings. The van der Waals surface area contributed by atoms with Crippen molar-refractivity contribution in [2.75, 3.05) is 0 Å². The lowest BCUT2D eigenvalue weighted by Crippen LogP contribution is -1.61. The second-order valence-electron chi connectivity index (χ2n) is 1.18. The van der Waals surface area contributed by atoms with Crippen LogP contribution in [0.4, 0.5) is 4.39 Å². The van der Waals surface area contributed by atoms with Gasteiger partial charge in [-0.1, -0.05) is 29.1 Å². The molecule has 0 aromatic rings. The number of hydrogen-bond donors (Lipinski definition) is 0. The summed E-state index contributed by atoms with van der Waals surface area (Å²) in [6, 6.07) is 0. The lowest BCUT2D eigenvalue weighted by atomic mass is 10.4. The predicted octanol–water partition coefficient (Wildman–Crippen LogP) is 2.93. The second kappa shape index (κ2) is 3.61. The van der Waals surface area contributed by atoms with Gasteiger partial charge in [-0.2, -0.15) is 0 Å². The fraction of sp³-hybridized carbons (Fsp3) is 0. The summed E-state index contributed by atoms with van der Waals surface area (Å²) >= 11 is 2.96. The Balaban J connectivity index is 3.94. The number of hydrogen-bond acceptors (Lipinski definition) is 0. The molecule has 0 radical (unpaired) electrons. The molecule has 0 aromatic heterocycles. The van der Waals surface area contributed by atoms with Gasteiger partial charge in [0.2, 0.25) is 0 Å². The van der Waals surface area contributed by atoms with Gasteiger partial charge in [-0.05, 0) is 12.2 Å². The maximum absolute atomic E-state index is 12.0. The van der Waals surface area contributed by atoms with Crippen LogP contribution in [-0.4, -0.2) is 0 Å². The Morgan fingerprint density at radius 2 is 2.12 bits per heavy atom. The standard InChI is InChI=1S/C6H6BrF/c1-3-6(8)4-5(2)7/h3-4H,1-2H2/b6-4+. The Bertz CT molecular complexity index is 135. The lowest BCUT2D eigenvalue weighted by Gasteiger charge is -1.81. The average Bonchev–Trinajstić information content (AvgIpc) is 1.65. The van der Waals surface area contributed by atoms with E-state index in [4.69, 9.17) is 0 Å². The molecule has 0 unspecified atom stereocenters. The first-order chi connectivity index (χ1) is 3.66. The van der Waals surface area contributed by atoms with Crippen molar-refractivity contribution >= 4 is 15.9 Å². The van der Waals surface area contributed by atoms with Crippen LogP contribution in [0, 0.1) is 0 Å². The smallest absolute Gasteiger partial charge is 0.123 e. The van der Waals surface area contributed by atoms with Crippen LogP contribution in [-0.2, 0) is 0 Å². The molecule has 0 bridgehead atoms. The van der Waals surface area contributed by atoms with Crippen molar-refractivity contribution < 1.29 is 4.39 Å². The topological polar surface area (TPSA) is 0 Å². The zero-order chi connectivity index (χ0) is 6.57. The predicted molar refractivity (Wildman–Crippen MR) is 37.5 cm³/mol. The van der Waals surface area contributed by atoms with Gasteiger partial charge < -0.3 is 0 Å². The Labute approximate surface area is 56.5 Å². The number of halogens is 2. The molecule has 0 aromatic carbocycles. The molecule has 0 spiro atoms. The molecule has 2 heteroatoms. The van der Waals surface area contributed by atoms with E-state index in [0.717, 1.165) is 6.08 Å². The van der Waals surface area contributed by atoms with Crippen molar-refractivity contribution in [3.63, 3.8) is 0 Å². The molecule has 0 saturated carbocycles. The van der Waals surface area contributed by atoms with Gasteiger partial charge in [-0.25, -0.2) is 4.39 Å². The molecular weight excluding hydrogens is 171 g/mol. The Morgan fingerprint density at radius 1 is 1.62 bits per heavy atom. The molecular formula is C6H6BrF. The van der Waals surface area contributed by atoms with Crippen LogP contribution < -0.4 is 0 Å². The van der Waals surface area contributed by atoms with E-state index in [-0.39, 0.29) is 5.83 Å². The number of allylic oxidation sites excluding steroid dienone is 4. The normalized spacial score (nSPS) is 11.0. The van der Waals surface area contributed by atoms with E-state index < -0.39 is 0 Å². The van der Waals surface area contributed by atoms with Gasteiger partial charge in [0.05, 0.1) is 0 Å². The maximum Gasteiger partial charge on any atom is 0.123 e. The minimum atomic E-state index is -0.383. The van der Waals surface area contributed by atoms with E-state index in [1.165, 1.54) is 6.08 Å². The second-order valence-corrected chi connectivity index (χ2v) is 2.20. The van der Waals surface area contributed by atoms with Crippen molar-refractivity contribution in [3.05, 3.63) is 35.6 Å². The van der Waals surface area contributed by atoms with Crippen molar-refractivity contribution in [3.8, 4) is 0 Å². The van der Waals surface area contributed by atoms with E-state index in [1.54, 1.807) is 0 Å². The van der Waals surface area contributed by atoms with Crippen LogP contribution in [0.2, 0.25) is 0 Å². The van der Waals surface area contributed by atoms with Gasteiger partial charge in [-0.3, -0.25) is 0 Å². The van der Waals surface area contributed by atoms with Crippen molar-refractivity contribution in [1.29, 1.82) is 0 Å². The Hall–Kier alpha value is -0.370. The van der Waals surface area contributed by atoms with Crippen LogP contribution in [0.25, 0.3) is 0 Å². The highest BCUT2D eigenvalue weighted by Gasteiger charge is 1.83. The van der Waals surface area contributed by atoms with Gasteiger partial charge in [-0.15, -0.1) is 0 Å². The quantitative estimate of drug-likeness (QED) is 0.568. The minimum absolute atomic E-state index is 0.383. The van der Waals surface area contributed by atoms with E-state index in [9.17, 15) is 4.39 Å². The average molecular weight is 177 g/mol. The Morgan fingerprint density at radius 3 is 2.25 bits per heavy atom. The summed E-state index contributed by atoms with van der Waals surface area (Å²) in [5.74, 6) is -0.383. The van der Waals surface area contributed by atoms with Gasteiger partial charge >= 0.3 is 0 Å². The van der Waals surface area contributed by atoms with E-state index in [1.807, 2.05) is 0 Å². The van der Waals surface area contributed by atoms with Crippen LogP contribution in [0.5, 0.6) is 0 Å². The highest BCUT2D eigenvalue weighted by Crippen LogP contribution is 2.07. The summed E-state index contributed by atoms with van der Waals surface area (Å²) in [6.07, 6.45) is 2.36. The molecule has 0 heterocycles. The fourth-order valence-corrected chi connectivity index (χ4v) is 0.427. The third kappa shape index (κ3) is 3.81. The molecule has 8 heavy (non-hydrogen) atoms. The molecule has 0 fully saturated rings. The highest BCUT2D eigenvalue weighted by molar-refractivity contribution is 9.11. The first-order valence-electron chi connectivity index (χ1n) is 2.01. The molecule has 0 aliphatic heterocycles. The summed E-state index contributed by atoms with van der Waals surface area (Å²) in [5.41, 5.74) is 0.